The first-order chi connectivity index (χ1) is 18.1. The molecule has 0 aromatic carbocycles. The van der Waals surface area contributed by atoms with Gasteiger partial charge in [-0.25, -0.2) is 15.0 Å². The maximum absolute atomic E-state index is 10.2. The lowest BCUT2D eigenvalue weighted by atomic mass is 9.73. The Morgan fingerprint density at radius 1 is 1.14 bits per heavy atom. The fourth-order valence-corrected chi connectivity index (χ4v) is 6.85. The van der Waals surface area contributed by atoms with Gasteiger partial charge < -0.3 is 30.5 Å². The predicted molar refractivity (Wildman–Crippen MR) is 138 cm³/mol. The highest BCUT2D eigenvalue weighted by molar-refractivity contribution is 7.99. The Balaban J connectivity index is 1.07. The van der Waals surface area contributed by atoms with Crippen LogP contribution in [0.1, 0.15) is 35.8 Å². The van der Waals surface area contributed by atoms with Gasteiger partial charge in [0.2, 0.25) is 0 Å². The first-order valence-corrected chi connectivity index (χ1v) is 13.5. The summed E-state index contributed by atoms with van der Waals surface area (Å²) < 4.78 is 11.5. The molecule has 0 radical (unpaired) electrons. The minimum absolute atomic E-state index is 0.00946. The van der Waals surface area contributed by atoms with Crippen LogP contribution in [0.25, 0.3) is 0 Å². The van der Waals surface area contributed by atoms with Crippen molar-refractivity contribution in [2.24, 2.45) is 11.1 Å². The second-order valence-corrected chi connectivity index (χ2v) is 11.5. The first kappa shape index (κ1) is 23.2. The molecule has 0 amide bonds. The third kappa shape index (κ3) is 3.83. The Bertz CT molecular complexity index is 1340. The average molecular weight is 520 g/mol. The zero-order chi connectivity index (χ0) is 25.0. The molecule has 6 heterocycles. The van der Waals surface area contributed by atoms with E-state index >= 15 is 0 Å². The second kappa shape index (κ2) is 8.80. The van der Waals surface area contributed by atoms with Crippen LogP contribution >= 0.6 is 11.8 Å². The summed E-state index contributed by atoms with van der Waals surface area (Å²) in [5, 5.41) is 14.3. The van der Waals surface area contributed by atoms with E-state index in [2.05, 4.69) is 26.3 Å². The Morgan fingerprint density at radius 2 is 2.00 bits per heavy atom. The Kier molecular flexibility index (Phi) is 5.50. The largest absolute Gasteiger partial charge is 0.486 e. The van der Waals surface area contributed by atoms with E-state index in [0.29, 0.717) is 36.3 Å². The van der Waals surface area contributed by atoms with Crippen molar-refractivity contribution in [3.8, 4) is 5.75 Å². The molecule has 37 heavy (non-hydrogen) atoms. The van der Waals surface area contributed by atoms with Crippen LogP contribution < -0.4 is 20.7 Å². The number of hydrogen-bond donors (Lipinski definition) is 3. The van der Waals surface area contributed by atoms with Gasteiger partial charge in [0.1, 0.15) is 22.9 Å². The van der Waals surface area contributed by atoms with Crippen LogP contribution in [0.15, 0.2) is 46.7 Å². The van der Waals surface area contributed by atoms with E-state index in [1.165, 1.54) is 17.3 Å². The second-order valence-electron chi connectivity index (χ2n) is 10.5. The van der Waals surface area contributed by atoms with Crippen LogP contribution in [-0.2, 0) is 17.8 Å². The van der Waals surface area contributed by atoms with E-state index in [1.807, 2.05) is 18.3 Å². The number of hydrogen-bond acceptors (Lipinski definition) is 11. The van der Waals surface area contributed by atoms with Gasteiger partial charge in [0.25, 0.3) is 0 Å². The van der Waals surface area contributed by atoms with E-state index in [1.54, 1.807) is 12.4 Å². The van der Waals surface area contributed by atoms with Gasteiger partial charge in [-0.05, 0) is 42.4 Å². The van der Waals surface area contributed by atoms with Gasteiger partial charge in [-0.15, -0.1) is 0 Å². The van der Waals surface area contributed by atoms with Crippen molar-refractivity contribution in [3.63, 3.8) is 0 Å². The minimum Gasteiger partial charge on any atom is -0.486 e. The molecule has 2 spiro atoms. The number of nitrogens with two attached hydrogens (primary N) is 1. The van der Waals surface area contributed by atoms with Crippen molar-refractivity contribution in [2.45, 2.75) is 47.4 Å². The number of aromatic nitrogens is 4. The zero-order valence-corrected chi connectivity index (χ0v) is 21.2. The number of ether oxygens (including phenoxy) is 2. The molecule has 2 saturated heterocycles. The van der Waals surface area contributed by atoms with Gasteiger partial charge >= 0.3 is 0 Å². The van der Waals surface area contributed by atoms with E-state index in [4.69, 9.17) is 25.2 Å². The number of rotatable bonds is 4. The lowest BCUT2D eigenvalue weighted by Gasteiger charge is -2.45. The van der Waals surface area contributed by atoms with Crippen molar-refractivity contribution in [1.29, 1.82) is 0 Å². The molecule has 0 bridgehead atoms. The summed E-state index contributed by atoms with van der Waals surface area (Å²) in [4.78, 5) is 21.7. The highest BCUT2D eigenvalue weighted by atomic mass is 32.2. The summed E-state index contributed by atoms with van der Waals surface area (Å²) in [7, 11) is 0. The number of aliphatic hydroxyl groups excluding tert-OH is 1. The maximum Gasteiger partial charge on any atom is 0.175 e. The molecule has 192 valence electrons. The molecule has 4 aliphatic rings. The zero-order valence-electron chi connectivity index (χ0n) is 20.4. The summed E-state index contributed by atoms with van der Waals surface area (Å²) in [5.41, 5.74) is 9.46. The van der Waals surface area contributed by atoms with Crippen molar-refractivity contribution in [2.75, 3.05) is 43.1 Å². The molecular weight excluding hydrogens is 490 g/mol. The summed E-state index contributed by atoms with van der Waals surface area (Å²) >= 11 is 1.46. The lowest BCUT2D eigenvalue weighted by molar-refractivity contribution is -0.0652. The molecule has 0 unspecified atom stereocenters. The van der Waals surface area contributed by atoms with Crippen molar-refractivity contribution < 1.29 is 14.6 Å². The topological polar surface area (TPSA) is 132 Å². The first-order valence-electron chi connectivity index (χ1n) is 12.6. The standard InChI is InChI=1S/C26H29N7O3S/c27-22-16-2-1-6-28-17(16)10-25(22)4-8-33(9-5-25)24-18(12-34)31-20(11-30-24)37-19-3-7-29-23-21(19)36-15-26(32-23)13-35-14-26/h1-3,6-7,11,22,34H,4-5,8-10,12-15,27H2,(H,29,32)/t22-/m1/s1. The van der Waals surface area contributed by atoms with Crippen molar-refractivity contribution in [3.05, 3.63) is 53.7 Å². The van der Waals surface area contributed by atoms with Crippen LogP contribution in [0, 0.1) is 5.41 Å². The van der Waals surface area contributed by atoms with Gasteiger partial charge in [0, 0.05) is 37.2 Å². The molecule has 10 nitrogen and oxygen atoms in total. The minimum atomic E-state index is -0.178. The third-order valence-electron chi connectivity index (χ3n) is 8.16. The molecule has 3 aromatic heterocycles. The Morgan fingerprint density at radius 3 is 2.76 bits per heavy atom. The highest BCUT2D eigenvalue weighted by Crippen LogP contribution is 2.50. The third-order valence-corrected chi connectivity index (χ3v) is 9.11. The van der Waals surface area contributed by atoms with E-state index in [-0.39, 0.29) is 23.6 Å². The number of anilines is 2. The smallest absolute Gasteiger partial charge is 0.175 e. The molecule has 7 rings (SSSR count). The van der Waals surface area contributed by atoms with Gasteiger partial charge in [0.15, 0.2) is 17.4 Å². The quantitative estimate of drug-likeness (QED) is 0.469. The molecule has 4 N–H and O–H groups in total. The van der Waals surface area contributed by atoms with Crippen LogP contribution in [0.5, 0.6) is 5.75 Å². The molecule has 2 fully saturated rings. The number of fused-ring (bicyclic) bond motifs is 2. The Hall–Kier alpha value is -2.99. The van der Waals surface area contributed by atoms with Crippen LogP contribution in [0.3, 0.4) is 0 Å². The number of pyridine rings is 2. The van der Waals surface area contributed by atoms with Crippen LogP contribution in [0.2, 0.25) is 0 Å². The van der Waals surface area contributed by atoms with Crippen LogP contribution in [-0.4, -0.2) is 63.5 Å². The van der Waals surface area contributed by atoms with Gasteiger partial charge in [-0.1, -0.05) is 17.8 Å². The number of nitrogens with one attached hydrogen (secondary N) is 1. The molecule has 3 aromatic rings. The molecular formula is C26H29N7O3S. The van der Waals surface area contributed by atoms with Crippen molar-refractivity contribution in [1.82, 2.24) is 19.9 Å². The fraction of sp³-hybridized carbons (Fsp3) is 0.462. The summed E-state index contributed by atoms with van der Waals surface area (Å²) in [6.45, 7) is 3.23. The summed E-state index contributed by atoms with van der Waals surface area (Å²) in [6, 6.07) is 6.01. The fourth-order valence-electron chi connectivity index (χ4n) is 5.98. The molecule has 3 aliphatic heterocycles. The monoisotopic (exact) mass is 519 g/mol. The number of aliphatic hydroxyl groups is 1. The normalized spacial score (nSPS) is 22.6. The SMILES string of the molecule is N[C@@H]1c2cccnc2CC12CCN(c1ncc(Sc3ccnc4c3OCC3(COC3)N4)nc1CO)CC2. The highest BCUT2D eigenvalue weighted by Gasteiger charge is 2.47. The predicted octanol–water partition coefficient (Wildman–Crippen LogP) is 2.33. The van der Waals surface area contributed by atoms with E-state index < -0.39 is 0 Å². The van der Waals surface area contributed by atoms with Crippen LogP contribution in [0.4, 0.5) is 11.6 Å². The number of piperidine rings is 1. The summed E-state index contributed by atoms with van der Waals surface area (Å²) in [6.07, 6.45) is 8.21. The van der Waals surface area contributed by atoms with Gasteiger partial charge in [-0.2, -0.15) is 0 Å². The lowest BCUT2D eigenvalue weighted by Crippen LogP contribution is -2.61. The summed E-state index contributed by atoms with van der Waals surface area (Å²) in [5.74, 6) is 2.17. The molecule has 1 atom stereocenters. The van der Waals surface area contributed by atoms with Gasteiger partial charge in [0.05, 0.1) is 30.9 Å². The molecule has 11 heteroatoms. The molecule has 0 saturated carbocycles. The van der Waals surface area contributed by atoms with E-state index in [0.717, 1.165) is 54.6 Å². The average Bonchev–Trinajstić information content (AvgIpc) is 3.19. The Labute approximate surface area is 219 Å². The van der Waals surface area contributed by atoms with Crippen molar-refractivity contribution >= 4 is 23.4 Å². The van der Waals surface area contributed by atoms with Gasteiger partial charge in [-0.3, -0.25) is 4.98 Å². The molecule has 1 aliphatic carbocycles. The van der Waals surface area contributed by atoms with E-state index in [9.17, 15) is 5.11 Å². The number of nitrogens with zero attached hydrogens (tertiary/aromatic N) is 5. The maximum atomic E-state index is 10.2.